The van der Waals surface area contributed by atoms with Crippen LogP contribution in [0.5, 0.6) is 5.75 Å². The van der Waals surface area contributed by atoms with Gasteiger partial charge in [0.05, 0.1) is 0 Å². The highest BCUT2D eigenvalue weighted by molar-refractivity contribution is 5.37. The largest absolute Gasteiger partial charge is 0.488 e. The molecular weight excluding hydrogens is 245 g/mol. The van der Waals surface area contributed by atoms with Crippen LogP contribution in [0.25, 0.3) is 0 Å². The number of benzene rings is 1. The van der Waals surface area contributed by atoms with Crippen molar-refractivity contribution >= 4 is 0 Å². The van der Waals surface area contributed by atoms with Gasteiger partial charge in [-0.2, -0.15) is 0 Å². The lowest BCUT2D eigenvalue weighted by Crippen LogP contribution is -2.40. The van der Waals surface area contributed by atoms with Crippen LogP contribution in [0.1, 0.15) is 25.8 Å². The van der Waals surface area contributed by atoms with E-state index in [9.17, 15) is 4.39 Å². The number of aliphatic hydroxyl groups excluding tert-OH is 1. The zero-order valence-corrected chi connectivity index (χ0v) is 11.6. The van der Waals surface area contributed by atoms with Crippen molar-refractivity contribution in [1.82, 2.24) is 4.90 Å². The molecule has 0 aliphatic carbocycles. The van der Waals surface area contributed by atoms with E-state index >= 15 is 0 Å². The van der Waals surface area contributed by atoms with Crippen LogP contribution in [0.4, 0.5) is 4.39 Å². The second-order valence-corrected chi connectivity index (χ2v) is 5.36. The van der Waals surface area contributed by atoms with Gasteiger partial charge < -0.3 is 9.84 Å². The van der Waals surface area contributed by atoms with Crippen LogP contribution in [0.2, 0.25) is 0 Å². The first kappa shape index (κ1) is 14.3. The maximum atomic E-state index is 13.2. The van der Waals surface area contributed by atoms with E-state index < -0.39 is 0 Å². The summed E-state index contributed by atoms with van der Waals surface area (Å²) in [6, 6.07) is 5.12. The van der Waals surface area contributed by atoms with E-state index in [0.717, 1.165) is 37.2 Å². The highest BCUT2D eigenvalue weighted by Gasteiger charge is 2.25. The van der Waals surface area contributed by atoms with Crippen molar-refractivity contribution in [3.63, 3.8) is 0 Å². The summed E-state index contributed by atoms with van der Waals surface area (Å²) in [6.07, 6.45) is 1.61. The van der Waals surface area contributed by atoms with Gasteiger partial charge in [0.15, 0.2) is 0 Å². The summed E-state index contributed by atoms with van der Waals surface area (Å²) in [7, 11) is 0. The molecule has 4 heteroatoms. The van der Waals surface area contributed by atoms with Crippen molar-refractivity contribution in [2.45, 2.75) is 38.8 Å². The first-order chi connectivity index (χ1) is 9.10. The fraction of sp³-hybridized carbons (Fsp3) is 0.600. The highest BCUT2D eigenvalue weighted by Crippen LogP contribution is 2.29. The Morgan fingerprint density at radius 3 is 2.95 bits per heavy atom. The lowest BCUT2D eigenvalue weighted by Gasteiger charge is -2.28. The summed E-state index contributed by atoms with van der Waals surface area (Å²) >= 11 is 0. The van der Waals surface area contributed by atoms with E-state index in [4.69, 9.17) is 9.84 Å². The molecule has 0 bridgehead atoms. The zero-order chi connectivity index (χ0) is 13.8. The third-order valence-electron chi connectivity index (χ3n) is 3.54. The average Bonchev–Trinajstić information content (AvgIpc) is 2.75. The van der Waals surface area contributed by atoms with Crippen molar-refractivity contribution < 1.29 is 14.2 Å². The van der Waals surface area contributed by atoms with Crippen molar-refractivity contribution in [2.24, 2.45) is 0 Å². The molecule has 0 spiro atoms. The summed E-state index contributed by atoms with van der Waals surface area (Å²) in [4.78, 5) is 2.29. The monoisotopic (exact) mass is 267 g/mol. The molecule has 1 atom stereocenters. The van der Waals surface area contributed by atoms with Crippen molar-refractivity contribution in [1.29, 1.82) is 0 Å². The maximum absolute atomic E-state index is 13.2. The molecule has 0 aromatic heterocycles. The first-order valence-corrected chi connectivity index (χ1v) is 6.90. The first-order valence-electron chi connectivity index (χ1n) is 6.90. The molecule has 106 valence electrons. The standard InChI is InChI=1S/C15H22FNO2/c1-11(2)17(6-3-7-18)10-14-9-12-8-13(16)4-5-15(12)19-14/h4-5,8,11,14,18H,3,6-7,9-10H2,1-2H3. The lowest BCUT2D eigenvalue weighted by molar-refractivity contribution is 0.119. The Kier molecular flexibility index (Phi) is 4.77. The molecule has 1 unspecified atom stereocenters. The molecule has 0 fully saturated rings. The summed E-state index contributed by atoms with van der Waals surface area (Å²) in [5.74, 6) is 0.598. The third kappa shape index (κ3) is 3.67. The van der Waals surface area contributed by atoms with Gasteiger partial charge in [0, 0.05) is 37.7 Å². The number of hydrogen-bond donors (Lipinski definition) is 1. The van der Waals surface area contributed by atoms with Gasteiger partial charge in [0.25, 0.3) is 0 Å². The number of ether oxygens (including phenoxy) is 1. The van der Waals surface area contributed by atoms with Gasteiger partial charge in [-0.3, -0.25) is 4.90 Å². The normalized spacial score (nSPS) is 17.9. The number of halogens is 1. The minimum absolute atomic E-state index is 0.0814. The van der Waals surface area contributed by atoms with Gasteiger partial charge >= 0.3 is 0 Å². The second-order valence-electron chi connectivity index (χ2n) is 5.36. The summed E-state index contributed by atoms with van der Waals surface area (Å²) < 4.78 is 19.0. The van der Waals surface area contributed by atoms with Crippen LogP contribution in [0.15, 0.2) is 18.2 Å². The van der Waals surface area contributed by atoms with Gasteiger partial charge in [0.1, 0.15) is 17.7 Å². The average molecular weight is 267 g/mol. The minimum atomic E-state index is -0.205. The van der Waals surface area contributed by atoms with Crippen molar-refractivity contribution in [3.8, 4) is 5.75 Å². The Labute approximate surface area is 114 Å². The predicted molar refractivity (Wildman–Crippen MR) is 72.9 cm³/mol. The molecule has 1 aromatic rings. The SMILES string of the molecule is CC(C)N(CCCO)CC1Cc2cc(F)ccc2O1. The molecule has 1 N–H and O–H groups in total. The second kappa shape index (κ2) is 6.35. The van der Waals surface area contributed by atoms with E-state index in [1.54, 1.807) is 12.1 Å². The van der Waals surface area contributed by atoms with Crippen molar-refractivity contribution in [3.05, 3.63) is 29.6 Å². The van der Waals surface area contributed by atoms with E-state index in [0.29, 0.717) is 6.04 Å². The summed E-state index contributed by atoms with van der Waals surface area (Å²) in [5.41, 5.74) is 0.955. The van der Waals surface area contributed by atoms with E-state index in [-0.39, 0.29) is 18.5 Å². The van der Waals surface area contributed by atoms with Gasteiger partial charge in [-0.1, -0.05) is 0 Å². The Hall–Kier alpha value is -1.13. The van der Waals surface area contributed by atoms with Crippen LogP contribution >= 0.6 is 0 Å². The van der Waals surface area contributed by atoms with E-state index in [1.165, 1.54) is 6.07 Å². The number of rotatable bonds is 6. The van der Waals surface area contributed by atoms with E-state index in [2.05, 4.69) is 18.7 Å². The zero-order valence-electron chi connectivity index (χ0n) is 11.6. The fourth-order valence-corrected chi connectivity index (χ4v) is 2.49. The molecule has 1 aromatic carbocycles. The van der Waals surface area contributed by atoms with Crippen LogP contribution in [-0.2, 0) is 6.42 Å². The van der Waals surface area contributed by atoms with Crippen LogP contribution in [-0.4, -0.2) is 41.8 Å². The van der Waals surface area contributed by atoms with Crippen molar-refractivity contribution in [2.75, 3.05) is 19.7 Å². The molecule has 0 radical (unpaired) electrons. The Bertz CT molecular complexity index is 423. The number of hydrogen-bond acceptors (Lipinski definition) is 3. The summed E-state index contributed by atoms with van der Waals surface area (Å²) in [6.45, 7) is 6.16. The molecular formula is C15H22FNO2. The van der Waals surface area contributed by atoms with Crippen LogP contribution < -0.4 is 4.74 Å². The molecule has 1 heterocycles. The quantitative estimate of drug-likeness (QED) is 0.858. The number of fused-ring (bicyclic) bond motifs is 1. The topological polar surface area (TPSA) is 32.7 Å². The lowest BCUT2D eigenvalue weighted by atomic mass is 10.1. The Morgan fingerprint density at radius 2 is 2.26 bits per heavy atom. The molecule has 1 aliphatic heterocycles. The third-order valence-corrected chi connectivity index (χ3v) is 3.54. The molecule has 2 rings (SSSR count). The molecule has 3 nitrogen and oxygen atoms in total. The molecule has 19 heavy (non-hydrogen) atoms. The predicted octanol–water partition coefficient (Wildman–Crippen LogP) is 2.22. The van der Waals surface area contributed by atoms with Gasteiger partial charge in [-0.05, 0) is 38.5 Å². The molecule has 0 amide bonds. The Balaban J connectivity index is 1.94. The number of aliphatic hydroxyl groups is 1. The molecule has 1 aliphatic rings. The fourth-order valence-electron chi connectivity index (χ4n) is 2.49. The maximum Gasteiger partial charge on any atom is 0.123 e. The molecule has 0 saturated heterocycles. The molecule has 0 saturated carbocycles. The highest BCUT2D eigenvalue weighted by atomic mass is 19.1. The van der Waals surface area contributed by atoms with Gasteiger partial charge in [-0.15, -0.1) is 0 Å². The Morgan fingerprint density at radius 1 is 1.47 bits per heavy atom. The van der Waals surface area contributed by atoms with E-state index in [1.807, 2.05) is 0 Å². The summed E-state index contributed by atoms with van der Waals surface area (Å²) in [5, 5.41) is 8.93. The smallest absolute Gasteiger partial charge is 0.123 e. The van der Waals surface area contributed by atoms with Crippen LogP contribution in [0.3, 0.4) is 0 Å². The van der Waals surface area contributed by atoms with Crippen LogP contribution in [0, 0.1) is 5.82 Å². The minimum Gasteiger partial charge on any atom is -0.488 e. The van der Waals surface area contributed by atoms with Gasteiger partial charge in [0.2, 0.25) is 0 Å². The van der Waals surface area contributed by atoms with Gasteiger partial charge in [-0.25, -0.2) is 4.39 Å². The number of nitrogens with zero attached hydrogens (tertiary/aromatic N) is 1.